The summed E-state index contributed by atoms with van der Waals surface area (Å²) in [5.74, 6) is 0. The molecular weight excluding hydrogens is 272 g/mol. The molecule has 0 bridgehead atoms. The molecular formula is C20H34O2. The Morgan fingerprint density at radius 1 is 0.909 bits per heavy atom. The Balaban J connectivity index is 4.01. The molecule has 1 unspecified atom stereocenters. The van der Waals surface area contributed by atoms with Gasteiger partial charge in [0.25, 0.3) is 0 Å². The second-order valence-electron chi connectivity index (χ2n) is 6.49. The summed E-state index contributed by atoms with van der Waals surface area (Å²) in [5.41, 5.74) is 3.07. The molecule has 0 radical (unpaired) electrons. The van der Waals surface area contributed by atoms with E-state index in [-0.39, 0.29) is 6.61 Å². The Bertz CT molecular complexity index is 411. The lowest BCUT2D eigenvalue weighted by atomic mass is 9.99. The van der Waals surface area contributed by atoms with E-state index in [1.165, 1.54) is 11.1 Å². The van der Waals surface area contributed by atoms with Gasteiger partial charge in [0, 0.05) is 0 Å². The van der Waals surface area contributed by atoms with Gasteiger partial charge in [-0.05, 0) is 66.2 Å². The van der Waals surface area contributed by atoms with Crippen molar-refractivity contribution in [1.82, 2.24) is 0 Å². The summed E-state index contributed by atoms with van der Waals surface area (Å²) in [6.45, 7) is 11.9. The smallest absolute Gasteiger partial charge is 0.0800 e. The largest absolute Gasteiger partial charge is 0.392 e. The van der Waals surface area contributed by atoms with Gasteiger partial charge in [0.2, 0.25) is 0 Å². The van der Waals surface area contributed by atoms with E-state index in [0.29, 0.717) is 0 Å². The molecule has 0 amide bonds. The highest BCUT2D eigenvalue weighted by molar-refractivity contribution is 5.06. The van der Waals surface area contributed by atoms with Crippen LogP contribution >= 0.6 is 0 Å². The standard InChI is InChI=1S/C20H34O2/c1-6-20(5,22)15-9-14-18(3)11-7-10-17(2)12-8-13-19(4)16-21/h6,10,13-14,21-22H,1,7-9,11-12,15-16H2,2-5H3/b17-10+,18-14+,19-13-. The van der Waals surface area contributed by atoms with Crippen molar-refractivity contribution in [3.05, 3.63) is 47.6 Å². The van der Waals surface area contributed by atoms with Gasteiger partial charge in [-0.25, -0.2) is 0 Å². The summed E-state index contributed by atoms with van der Waals surface area (Å²) in [7, 11) is 0. The first-order chi connectivity index (χ1) is 10.3. The van der Waals surface area contributed by atoms with Gasteiger partial charge < -0.3 is 10.2 Å². The molecule has 0 aromatic rings. The van der Waals surface area contributed by atoms with E-state index in [0.717, 1.165) is 44.1 Å². The van der Waals surface area contributed by atoms with E-state index in [2.05, 4.69) is 38.7 Å². The zero-order valence-electron chi connectivity index (χ0n) is 14.9. The van der Waals surface area contributed by atoms with Gasteiger partial charge in [-0.2, -0.15) is 0 Å². The molecule has 2 heteroatoms. The van der Waals surface area contributed by atoms with E-state index in [1.54, 1.807) is 13.0 Å². The number of hydrogen-bond acceptors (Lipinski definition) is 2. The summed E-state index contributed by atoms with van der Waals surface area (Å²) in [6, 6.07) is 0. The second kappa shape index (κ2) is 11.4. The topological polar surface area (TPSA) is 40.5 Å². The van der Waals surface area contributed by atoms with Crippen molar-refractivity contribution in [2.45, 2.75) is 71.8 Å². The number of aliphatic hydroxyl groups excluding tert-OH is 1. The molecule has 2 N–H and O–H groups in total. The van der Waals surface area contributed by atoms with Gasteiger partial charge in [0.15, 0.2) is 0 Å². The molecule has 22 heavy (non-hydrogen) atoms. The van der Waals surface area contributed by atoms with E-state index in [9.17, 15) is 5.11 Å². The average molecular weight is 306 g/mol. The summed E-state index contributed by atoms with van der Waals surface area (Å²) in [5, 5.41) is 18.8. The van der Waals surface area contributed by atoms with E-state index in [4.69, 9.17) is 5.11 Å². The van der Waals surface area contributed by atoms with E-state index < -0.39 is 5.60 Å². The minimum absolute atomic E-state index is 0.158. The Morgan fingerprint density at radius 2 is 1.36 bits per heavy atom. The fraction of sp³-hybridized carbons (Fsp3) is 0.600. The molecule has 0 aromatic carbocycles. The highest BCUT2D eigenvalue weighted by Crippen LogP contribution is 2.16. The molecule has 0 aliphatic carbocycles. The lowest BCUT2D eigenvalue weighted by Crippen LogP contribution is -2.19. The van der Waals surface area contributed by atoms with Crippen molar-refractivity contribution >= 4 is 0 Å². The van der Waals surface area contributed by atoms with Gasteiger partial charge in [0.1, 0.15) is 0 Å². The summed E-state index contributed by atoms with van der Waals surface area (Å²) < 4.78 is 0. The predicted octanol–water partition coefficient (Wildman–Crippen LogP) is 5.10. The molecule has 0 fully saturated rings. The zero-order chi connectivity index (χ0) is 17.0. The fourth-order valence-corrected chi connectivity index (χ4v) is 2.07. The van der Waals surface area contributed by atoms with Crippen LogP contribution in [0.15, 0.2) is 47.6 Å². The Morgan fingerprint density at radius 3 is 1.82 bits per heavy atom. The first kappa shape index (κ1) is 20.9. The van der Waals surface area contributed by atoms with E-state index >= 15 is 0 Å². The number of aliphatic hydroxyl groups is 2. The molecule has 0 rings (SSSR count). The molecule has 126 valence electrons. The SMILES string of the molecule is C=CC(C)(O)CC/C=C(\C)CC/C=C(\C)CC/C=C(/C)CO. The van der Waals surface area contributed by atoms with E-state index in [1.807, 2.05) is 6.92 Å². The third-order valence-corrected chi connectivity index (χ3v) is 3.90. The van der Waals surface area contributed by atoms with Gasteiger partial charge in [0.05, 0.1) is 12.2 Å². The first-order valence-electron chi connectivity index (χ1n) is 8.24. The lowest BCUT2D eigenvalue weighted by Gasteiger charge is -2.16. The monoisotopic (exact) mass is 306 g/mol. The Labute approximate surface area is 137 Å². The van der Waals surface area contributed by atoms with Crippen molar-refractivity contribution in [3.8, 4) is 0 Å². The maximum atomic E-state index is 9.85. The van der Waals surface area contributed by atoms with Gasteiger partial charge in [-0.3, -0.25) is 0 Å². The van der Waals surface area contributed by atoms with Crippen LogP contribution in [-0.2, 0) is 0 Å². The third-order valence-electron chi connectivity index (χ3n) is 3.90. The maximum Gasteiger partial charge on any atom is 0.0800 e. The van der Waals surface area contributed by atoms with Crippen LogP contribution in [0.25, 0.3) is 0 Å². The molecule has 0 heterocycles. The zero-order valence-corrected chi connectivity index (χ0v) is 14.9. The highest BCUT2D eigenvalue weighted by Gasteiger charge is 2.13. The van der Waals surface area contributed by atoms with Crippen molar-refractivity contribution < 1.29 is 10.2 Å². The van der Waals surface area contributed by atoms with Crippen LogP contribution in [0.2, 0.25) is 0 Å². The molecule has 0 aliphatic heterocycles. The lowest BCUT2D eigenvalue weighted by molar-refractivity contribution is 0.103. The molecule has 0 aliphatic rings. The van der Waals surface area contributed by atoms with Gasteiger partial charge in [-0.15, -0.1) is 6.58 Å². The second-order valence-corrected chi connectivity index (χ2v) is 6.49. The summed E-state index contributed by atoms with van der Waals surface area (Å²) >= 11 is 0. The van der Waals surface area contributed by atoms with Crippen LogP contribution in [0.1, 0.15) is 66.2 Å². The van der Waals surface area contributed by atoms with Crippen molar-refractivity contribution in [3.63, 3.8) is 0 Å². The number of hydrogen-bond donors (Lipinski definition) is 2. The number of rotatable bonds is 11. The maximum absolute atomic E-state index is 9.85. The van der Waals surface area contributed by atoms with Gasteiger partial charge in [-0.1, -0.05) is 41.0 Å². The molecule has 0 saturated carbocycles. The fourth-order valence-electron chi connectivity index (χ4n) is 2.07. The van der Waals surface area contributed by atoms with Crippen molar-refractivity contribution in [1.29, 1.82) is 0 Å². The minimum Gasteiger partial charge on any atom is -0.392 e. The molecule has 0 spiro atoms. The highest BCUT2D eigenvalue weighted by atomic mass is 16.3. The average Bonchev–Trinajstić information content (AvgIpc) is 2.46. The number of allylic oxidation sites excluding steroid dienone is 5. The van der Waals surface area contributed by atoms with Gasteiger partial charge >= 0.3 is 0 Å². The molecule has 0 saturated heterocycles. The molecule has 1 atom stereocenters. The Kier molecular flexibility index (Phi) is 10.9. The van der Waals surface area contributed by atoms with Crippen LogP contribution in [0.5, 0.6) is 0 Å². The van der Waals surface area contributed by atoms with Crippen molar-refractivity contribution in [2.75, 3.05) is 6.61 Å². The summed E-state index contributed by atoms with van der Waals surface area (Å²) in [4.78, 5) is 0. The predicted molar refractivity (Wildman–Crippen MR) is 96.9 cm³/mol. The minimum atomic E-state index is -0.756. The molecule has 0 aromatic heterocycles. The third kappa shape index (κ3) is 11.5. The van der Waals surface area contributed by atoms with Crippen LogP contribution in [0.4, 0.5) is 0 Å². The molecule has 2 nitrogen and oxygen atoms in total. The van der Waals surface area contributed by atoms with Crippen LogP contribution in [0.3, 0.4) is 0 Å². The quantitative estimate of drug-likeness (QED) is 0.522. The van der Waals surface area contributed by atoms with Crippen LogP contribution < -0.4 is 0 Å². The Hall–Kier alpha value is -1.12. The van der Waals surface area contributed by atoms with Crippen molar-refractivity contribution in [2.24, 2.45) is 0 Å². The normalized spacial score (nSPS) is 16.5. The first-order valence-corrected chi connectivity index (χ1v) is 8.24. The van der Waals surface area contributed by atoms with Crippen LogP contribution in [-0.4, -0.2) is 22.4 Å². The summed E-state index contributed by atoms with van der Waals surface area (Å²) in [6.07, 6.45) is 14.0. The van der Waals surface area contributed by atoms with Crippen LogP contribution in [0, 0.1) is 0 Å².